The van der Waals surface area contributed by atoms with Crippen LogP contribution in [-0.2, 0) is 16.0 Å². The SMILES string of the molecule is CCOc1ccc(NC(=O)CC2C(=O)N(c3ccc(F)cc3)C(=S)N2CCc2ccc(Cl)cc2Cl)cc1. The van der Waals surface area contributed by atoms with Crippen LogP contribution in [0.15, 0.2) is 66.7 Å². The zero-order valence-corrected chi connectivity index (χ0v) is 22.2. The molecular formula is C27H24Cl2FN3O3S. The zero-order chi connectivity index (χ0) is 26.5. The molecular weight excluding hydrogens is 536 g/mol. The van der Waals surface area contributed by atoms with E-state index in [-0.39, 0.29) is 23.3 Å². The van der Waals surface area contributed by atoms with Crippen molar-refractivity contribution < 1.29 is 18.7 Å². The number of nitrogens with zero attached hydrogens (tertiary/aromatic N) is 2. The number of nitrogens with one attached hydrogen (secondary N) is 1. The Morgan fingerprint density at radius 1 is 1.08 bits per heavy atom. The van der Waals surface area contributed by atoms with Gasteiger partial charge in [-0.25, -0.2) is 4.39 Å². The summed E-state index contributed by atoms with van der Waals surface area (Å²) >= 11 is 18.0. The summed E-state index contributed by atoms with van der Waals surface area (Å²) in [6.45, 7) is 2.77. The number of thiocarbonyl (C=S) groups is 1. The number of carbonyl (C=O) groups is 2. The van der Waals surface area contributed by atoms with E-state index in [2.05, 4.69) is 5.32 Å². The fourth-order valence-corrected chi connectivity index (χ4v) is 4.99. The maximum atomic E-state index is 13.5. The van der Waals surface area contributed by atoms with Gasteiger partial charge in [0.05, 0.1) is 18.7 Å². The average molecular weight is 560 g/mol. The van der Waals surface area contributed by atoms with Crippen molar-refractivity contribution in [1.29, 1.82) is 0 Å². The predicted molar refractivity (Wildman–Crippen MR) is 148 cm³/mol. The van der Waals surface area contributed by atoms with Crippen molar-refractivity contribution in [1.82, 2.24) is 4.90 Å². The minimum atomic E-state index is -0.841. The summed E-state index contributed by atoms with van der Waals surface area (Å²) in [5, 5.41) is 4.09. The fraction of sp³-hybridized carbons (Fsp3) is 0.222. The molecule has 6 nitrogen and oxygen atoms in total. The fourth-order valence-electron chi connectivity index (χ4n) is 4.07. The van der Waals surface area contributed by atoms with Crippen LogP contribution in [0.3, 0.4) is 0 Å². The molecule has 1 unspecified atom stereocenters. The van der Waals surface area contributed by atoms with Crippen LogP contribution >= 0.6 is 35.4 Å². The number of amides is 2. The standard InChI is InChI=1S/C27H24Cl2FN3O3S/c1-2-36-22-11-7-20(8-12-22)31-25(34)16-24-26(35)33(21-9-5-19(30)6-10-21)27(37)32(24)14-13-17-3-4-18(28)15-23(17)29/h3-12,15,24H,2,13-14,16H2,1H3,(H,31,34). The molecule has 1 aliphatic rings. The second kappa shape index (κ2) is 11.9. The summed E-state index contributed by atoms with van der Waals surface area (Å²) in [6.07, 6.45) is 0.343. The van der Waals surface area contributed by atoms with Crippen molar-refractivity contribution in [3.63, 3.8) is 0 Å². The number of carbonyl (C=O) groups excluding carboxylic acids is 2. The molecule has 0 radical (unpaired) electrons. The van der Waals surface area contributed by atoms with Crippen LogP contribution in [0, 0.1) is 5.82 Å². The second-order valence-electron chi connectivity index (χ2n) is 8.34. The molecule has 1 heterocycles. The minimum Gasteiger partial charge on any atom is -0.494 e. The van der Waals surface area contributed by atoms with Crippen LogP contribution in [0.25, 0.3) is 0 Å². The number of hydrogen-bond donors (Lipinski definition) is 1. The Morgan fingerprint density at radius 3 is 2.43 bits per heavy atom. The monoisotopic (exact) mass is 559 g/mol. The van der Waals surface area contributed by atoms with E-state index in [0.29, 0.717) is 46.7 Å². The number of hydrogen-bond acceptors (Lipinski definition) is 4. The third-order valence-electron chi connectivity index (χ3n) is 5.87. The Kier molecular flexibility index (Phi) is 8.63. The normalized spacial score (nSPS) is 15.3. The van der Waals surface area contributed by atoms with Crippen molar-refractivity contribution in [2.24, 2.45) is 0 Å². The first kappa shape index (κ1) is 26.9. The van der Waals surface area contributed by atoms with Crippen LogP contribution < -0.4 is 15.0 Å². The van der Waals surface area contributed by atoms with Gasteiger partial charge >= 0.3 is 0 Å². The van der Waals surface area contributed by atoms with Crippen LogP contribution in [0.1, 0.15) is 18.9 Å². The lowest BCUT2D eigenvalue weighted by molar-refractivity contribution is -0.124. The van der Waals surface area contributed by atoms with Crippen molar-refractivity contribution in [3.8, 4) is 5.75 Å². The number of halogens is 3. The quantitative estimate of drug-likeness (QED) is 0.321. The number of benzene rings is 3. The van der Waals surface area contributed by atoms with Gasteiger partial charge in [0.2, 0.25) is 5.91 Å². The Morgan fingerprint density at radius 2 is 1.78 bits per heavy atom. The molecule has 1 fully saturated rings. The number of anilines is 2. The van der Waals surface area contributed by atoms with Gasteiger partial charge in [-0.1, -0.05) is 29.3 Å². The molecule has 1 N–H and O–H groups in total. The van der Waals surface area contributed by atoms with Crippen molar-refractivity contribution in [3.05, 3.63) is 88.2 Å². The molecule has 1 aliphatic heterocycles. The van der Waals surface area contributed by atoms with E-state index in [1.165, 1.54) is 29.2 Å². The van der Waals surface area contributed by atoms with Gasteiger partial charge in [-0.05, 0) is 91.8 Å². The topological polar surface area (TPSA) is 61.9 Å². The molecule has 1 saturated heterocycles. The van der Waals surface area contributed by atoms with E-state index in [1.54, 1.807) is 41.3 Å². The van der Waals surface area contributed by atoms with Gasteiger partial charge in [-0.2, -0.15) is 0 Å². The van der Waals surface area contributed by atoms with Crippen LogP contribution in [-0.4, -0.2) is 41.0 Å². The first-order chi connectivity index (χ1) is 17.8. The van der Waals surface area contributed by atoms with Gasteiger partial charge in [-0.3, -0.25) is 14.5 Å². The first-order valence-electron chi connectivity index (χ1n) is 11.6. The van der Waals surface area contributed by atoms with Gasteiger partial charge in [0.25, 0.3) is 5.91 Å². The van der Waals surface area contributed by atoms with Crippen LogP contribution in [0.2, 0.25) is 10.0 Å². The summed E-state index contributed by atoms with van der Waals surface area (Å²) in [7, 11) is 0. The van der Waals surface area contributed by atoms with Gasteiger partial charge < -0.3 is 15.0 Å². The number of ether oxygens (including phenoxy) is 1. The highest BCUT2D eigenvalue weighted by molar-refractivity contribution is 7.80. The summed E-state index contributed by atoms with van der Waals surface area (Å²) in [5.41, 5.74) is 1.84. The predicted octanol–water partition coefficient (Wildman–Crippen LogP) is 6.10. The highest BCUT2D eigenvalue weighted by Gasteiger charge is 2.44. The summed E-state index contributed by atoms with van der Waals surface area (Å²) in [4.78, 5) is 29.5. The van der Waals surface area contributed by atoms with Gasteiger partial charge in [0, 0.05) is 22.3 Å². The molecule has 0 saturated carbocycles. The van der Waals surface area contributed by atoms with Gasteiger partial charge in [0.1, 0.15) is 17.6 Å². The third-order valence-corrected chi connectivity index (χ3v) is 6.87. The molecule has 0 bridgehead atoms. The molecule has 10 heteroatoms. The molecule has 4 rings (SSSR count). The molecule has 3 aromatic rings. The highest BCUT2D eigenvalue weighted by Crippen LogP contribution is 2.29. The smallest absolute Gasteiger partial charge is 0.256 e. The molecule has 37 heavy (non-hydrogen) atoms. The molecule has 0 spiro atoms. The van der Waals surface area contributed by atoms with Crippen LogP contribution in [0.4, 0.5) is 15.8 Å². The van der Waals surface area contributed by atoms with E-state index in [4.69, 9.17) is 40.2 Å². The molecule has 2 amide bonds. The molecule has 0 aliphatic carbocycles. The van der Waals surface area contributed by atoms with E-state index >= 15 is 0 Å². The van der Waals surface area contributed by atoms with Crippen LogP contribution in [0.5, 0.6) is 5.75 Å². The summed E-state index contributed by atoms with van der Waals surface area (Å²) in [6, 6.07) is 16.8. The Balaban J connectivity index is 1.54. The van der Waals surface area contributed by atoms with Gasteiger partial charge in [0.15, 0.2) is 5.11 Å². The van der Waals surface area contributed by atoms with Crippen molar-refractivity contribution >= 4 is 63.7 Å². The van der Waals surface area contributed by atoms with E-state index < -0.39 is 11.9 Å². The van der Waals surface area contributed by atoms with E-state index in [1.807, 2.05) is 13.0 Å². The summed E-state index contributed by atoms with van der Waals surface area (Å²) < 4.78 is 18.9. The first-order valence-corrected chi connectivity index (χ1v) is 12.8. The molecule has 192 valence electrons. The summed E-state index contributed by atoms with van der Waals surface area (Å²) in [5.74, 6) is -0.443. The third kappa shape index (κ3) is 6.39. The average Bonchev–Trinajstić information content (AvgIpc) is 3.09. The zero-order valence-electron chi connectivity index (χ0n) is 19.9. The lowest BCUT2D eigenvalue weighted by Gasteiger charge is -2.24. The Hall–Kier alpha value is -3.20. The Bertz CT molecular complexity index is 1310. The lowest BCUT2D eigenvalue weighted by atomic mass is 10.1. The second-order valence-corrected chi connectivity index (χ2v) is 9.55. The maximum absolute atomic E-state index is 13.5. The largest absolute Gasteiger partial charge is 0.494 e. The number of rotatable bonds is 9. The lowest BCUT2D eigenvalue weighted by Crippen LogP contribution is -2.39. The minimum absolute atomic E-state index is 0.127. The van der Waals surface area contributed by atoms with E-state index in [9.17, 15) is 14.0 Å². The van der Waals surface area contributed by atoms with Gasteiger partial charge in [-0.15, -0.1) is 0 Å². The van der Waals surface area contributed by atoms with Crippen molar-refractivity contribution in [2.75, 3.05) is 23.4 Å². The highest BCUT2D eigenvalue weighted by atomic mass is 35.5. The van der Waals surface area contributed by atoms with Crippen molar-refractivity contribution in [2.45, 2.75) is 25.8 Å². The Labute approximate surface area is 229 Å². The maximum Gasteiger partial charge on any atom is 0.256 e. The molecule has 1 atom stereocenters. The molecule has 0 aromatic heterocycles. The van der Waals surface area contributed by atoms with E-state index in [0.717, 1.165) is 5.56 Å². The molecule has 3 aromatic carbocycles.